The number of nitrogens with zero attached hydrogens (tertiary/aromatic N) is 1. The molecular formula is C15H19Cl2NOS. The molecule has 20 heavy (non-hydrogen) atoms. The SMILES string of the molecule is CC(C)(C)CC(=O)N1CCSC1c1ccc(Cl)cc1Cl. The highest BCUT2D eigenvalue weighted by molar-refractivity contribution is 7.99. The monoisotopic (exact) mass is 331 g/mol. The predicted molar refractivity (Wildman–Crippen MR) is 87.4 cm³/mol. The average molecular weight is 332 g/mol. The van der Waals surface area contributed by atoms with Gasteiger partial charge in [-0.3, -0.25) is 4.79 Å². The smallest absolute Gasteiger partial charge is 0.224 e. The second-order valence-electron chi connectivity index (χ2n) is 6.21. The van der Waals surface area contributed by atoms with Gasteiger partial charge in [0.25, 0.3) is 0 Å². The van der Waals surface area contributed by atoms with Crippen LogP contribution in [-0.4, -0.2) is 23.1 Å². The van der Waals surface area contributed by atoms with Crippen molar-refractivity contribution >= 4 is 40.9 Å². The van der Waals surface area contributed by atoms with Crippen molar-refractivity contribution < 1.29 is 4.79 Å². The van der Waals surface area contributed by atoms with E-state index in [9.17, 15) is 4.79 Å². The molecule has 5 heteroatoms. The summed E-state index contributed by atoms with van der Waals surface area (Å²) in [6.07, 6.45) is 0.551. The lowest BCUT2D eigenvalue weighted by Crippen LogP contribution is -2.33. The van der Waals surface area contributed by atoms with Crippen molar-refractivity contribution in [1.29, 1.82) is 0 Å². The topological polar surface area (TPSA) is 20.3 Å². The third-order valence-corrected chi connectivity index (χ3v) is 4.93. The van der Waals surface area contributed by atoms with E-state index in [-0.39, 0.29) is 16.7 Å². The van der Waals surface area contributed by atoms with Crippen molar-refractivity contribution in [3.63, 3.8) is 0 Å². The Morgan fingerprint density at radius 1 is 1.40 bits per heavy atom. The Morgan fingerprint density at radius 2 is 2.10 bits per heavy atom. The molecule has 2 nitrogen and oxygen atoms in total. The van der Waals surface area contributed by atoms with Crippen molar-refractivity contribution in [3.8, 4) is 0 Å². The summed E-state index contributed by atoms with van der Waals surface area (Å²) < 4.78 is 0. The molecule has 0 saturated carbocycles. The highest BCUT2D eigenvalue weighted by Crippen LogP contribution is 2.42. The van der Waals surface area contributed by atoms with Crippen LogP contribution in [0, 0.1) is 5.41 Å². The minimum atomic E-state index is -0.00131. The number of carbonyl (C=O) groups excluding carboxylic acids is 1. The molecule has 0 bridgehead atoms. The van der Waals surface area contributed by atoms with E-state index in [1.165, 1.54) is 0 Å². The minimum absolute atomic E-state index is 0.00131. The highest BCUT2D eigenvalue weighted by Gasteiger charge is 2.33. The van der Waals surface area contributed by atoms with E-state index in [0.717, 1.165) is 17.9 Å². The summed E-state index contributed by atoms with van der Waals surface area (Å²) in [5.41, 5.74) is 0.972. The van der Waals surface area contributed by atoms with Gasteiger partial charge in [0.1, 0.15) is 5.37 Å². The first kappa shape index (κ1) is 16.0. The quantitative estimate of drug-likeness (QED) is 0.759. The number of rotatable bonds is 2. The molecule has 0 radical (unpaired) electrons. The van der Waals surface area contributed by atoms with Gasteiger partial charge in [0, 0.05) is 34.3 Å². The molecule has 0 N–H and O–H groups in total. The first-order valence-corrected chi connectivity index (χ1v) is 8.44. The maximum Gasteiger partial charge on any atom is 0.224 e. The number of hydrogen-bond donors (Lipinski definition) is 0. The number of carbonyl (C=O) groups is 1. The Bertz CT molecular complexity index is 513. The maximum atomic E-state index is 12.5. The second kappa shape index (κ2) is 6.17. The van der Waals surface area contributed by atoms with Gasteiger partial charge < -0.3 is 4.90 Å². The fourth-order valence-electron chi connectivity index (χ4n) is 2.24. The van der Waals surface area contributed by atoms with Crippen LogP contribution in [0.1, 0.15) is 38.1 Å². The molecule has 1 unspecified atom stereocenters. The molecular weight excluding hydrogens is 313 g/mol. The van der Waals surface area contributed by atoms with Gasteiger partial charge in [0.2, 0.25) is 5.91 Å². The minimum Gasteiger partial charge on any atom is -0.326 e. The van der Waals surface area contributed by atoms with E-state index in [4.69, 9.17) is 23.2 Å². The summed E-state index contributed by atoms with van der Waals surface area (Å²) in [4.78, 5) is 14.4. The molecule has 1 aliphatic rings. The lowest BCUT2D eigenvalue weighted by Gasteiger charge is -2.28. The van der Waals surface area contributed by atoms with E-state index in [1.54, 1.807) is 17.8 Å². The van der Waals surface area contributed by atoms with Crippen molar-refractivity contribution in [2.24, 2.45) is 5.41 Å². The zero-order valence-corrected chi connectivity index (χ0v) is 14.3. The first-order chi connectivity index (χ1) is 9.28. The van der Waals surface area contributed by atoms with Crippen LogP contribution in [0.2, 0.25) is 10.0 Å². The van der Waals surface area contributed by atoms with E-state index >= 15 is 0 Å². The van der Waals surface area contributed by atoms with Gasteiger partial charge >= 0.3 is 0 Å². The Kier molecular flexibility index (Phi) is 4.93. The molecule has 0 aliphatic carbocycles. The van der Waals surface area contributed by atoms with E-state index in [1.807, 2.05) is 17.0 Å². The van der Waals surface area contributed by atoms with Gasteiger partial charge in [0.05, 0.1) is 0 Å². The third-order valence-electron chi connectivity index (χ3n) is 3.12. The number of thioether (sulfide) groups is 1. The van der Waals surface area contributed by atoms with Gasteiger partial charge in [-0.15, -0.1) is 11.8 Å². The zero-order chi connectivity index (χ0) is 14.9. The van der Waals surface area contributed by atoms with Gasteiger partial charge in [-0.2, -0.15) is 0 Å². The molecule has 1 aliphatic heterocycles. The summed E-state index contributed by atoms with van der Waals surface area (Å²) in [6.45, 7) is 7.03. The molecule has 1 aromatic carbocycles. The highest BCUT2D eigenvalue weighted by atomic mass is 35.5. The summed E-state index contributed by atoms with van der Waals surface area (Å²) in [5, 5.41) is 1.26. The molecule has 1 aromatic rings. The molecule has 1 saturated heterocycles. The molecule has 2 rings (SSSR count). The van der Waals surface area contributed by atoms with Crippen LogP contribution in [0.5, 0.6) is 0 Å². The van der Waals surface area contributed by atoms with Crippen LogP contribution >= 0.6 is 35.0 Å². The van der Waals surface area contributed by atoms with E-state index < -0.39 is 0 Å². The van der Waals surface area contributed by atoms with Crippen LogP contribution in [-0.2, 0) is 4.79 Å². The second-order valence-corrected chi connectivity index (χ2v) is 8.25. The summed E-state index contributed by atoms with van der Waals surface area (Å²) >= 11 is 14.0. The fourth-order valence-corrected chi connectivity index (χ4v) is 4.13. The fraction of sp³-hybridized carbons (Fsp3) is 0.533. The maximum absolute atomic E-state index is 12.5. The molecule has 1 fully saturated rings. The zero-order valence-electron chi connectivity index (χ0n) is 12.0. The Morgan fingerprint density at radius 3 is 2.70 bits per heavy atom. The molecule has 0 aromatic heterocycles. The van der Waals surface area contributed by atoms with Crippen LogP contribution < -0.4 is 0 Å². The van der Waals surface area contributed by atoms with Crippen molar-refractivity contribution in [2.75, 3.05) is 12.3 Å². The molecule has 1 amide bonds. The average Bonchev–Trinajstić information content (AvgIpc) is 2.75. The Labute approximate surface area is 134 Å². The van der Waals surface area contributed by atoms with Crippen molar-refractivity contribution in [1.82, 2.24) is 4.90 Å². The summed E-state index contributed by atoms with van der Waals surface area (Å²) in [6, 6.07) is 5.49. The lowest BCUT2D eigenvalue weighted by molar-refractivity contribution is -0.133. The van der Waals surface area contributed by atoms with Gasteiger partial charge in [-0.05, 0) is 17.5 Å². The molecule has 1 heterocycles. The van der Waals surface area contributed by atoms with Crippen LogP contribution in [0.25, 0.3) is 0 Å². The Hall–Kier alpha value is -0.380. The summed E-state index contributed by atoms with van der Waals surface area (Å²) in [7, 11) is 0. The number of hydrogen-bond acceptors (Lipinski definition) is 2. The van der Waals surface area contributed by atoms with Crippen molar-refractivity contribution in [2.45, 2.75) is 32.6 Å². The largest absolute Gasteiger partial charge is 0.326 e. The molecule has 110 valence electrons. The third kappa shape index (κ3) is 3.84. The number of amides is 1. The standard InChI is InChI=1S/C15H19Cl2NOS/c1-15(2,3)9-13(19)18-6-7-20-14(18)11-5-4-10(16)8-12(11)17/h4-5,8,14H,6-7,9H2,1-3H3. The lowest BCUT2D eigenvalue weighted by atomic mass is 9.91. The predicted octanol–water partition coefficient (Wildman–Crippen LogP) is 5.00. The Balaban J connectivity index is 2.21. The summed E-state index contributed by atoms with van der Waals surface area (Å²) in [5.74, 6) is 1.14. The number of benzene rings is 1. The number of halogens is 2. The van der Waals surface area contributed by atoms with E-state index in [2.05, 4.69) is 20.8 Å². The first-order valence-electron chi connectivity index (χ1n) is 6.64. The van der Waals surface area contributed by atoms with E-state index in [0.29, 0.717) is 16.5 Å². The van der Waals surface area contributed by atoms with Gasteiger partial charge in [-0.25, -0.2) is 0 Å². The van der Waals surface area contributed by atoms with Gasteiger partial charge in [0.15, 0.2) is 0 Å². The van der Waals surface area contributed by atoms with Gasteiger partial charge in [-0.1, -0.05) is 50.0 Å². The van der Waals surface area contributed by atoms with Crippen LogP contribution in [0.3, 0.4) is 0 Å². The van der Waals surface area contributed by atoms with Crippen LogP contribution in [0.4, 0.5) is 0 Å². The molecule has 0 spiro atoms. The van der Waals surface area contributed by atoms with Crippen LogP contribution in [0.15, 0.2) is 18.2 Å². The normalized spacial score (nSPS) is 19.4. The van der Waals surface area contributed by atoms with Crippen molar-refractivity contribution in [3.05, 3.63) is 33.8 Å². The molecule has 1 atom stereocenters.